The summed E-state index contributed by atoms with van der Waals surface area (Å²) in [5.41, 5.74) is 0. The number of hydrogen-bond donors (Lipinski definition) is 1. The van der Waals surface area contributed by atoms with Gasteiger partial charge in [-0.1, -0.05) is 37.5 Å². The van der Waals surface area contributed by atoms with Crippen LogP contribution >= 0.6 is 0 Å². The maximum absolute atomic E-state index is 5.77. The molecule has 2 rings (SSSR count). The van der Waals surface area contributed by atoms with Crippen LogP contribution in [0.4, 0.5) is 0 Å². The van der Waals surface area contributed by atoms with E-state index < -0.39 is 0 Å². The first-order chi connectivity index (χ1) is 9.38. The number of hydrogen-bond acceptors (Lipinski definition) is 2. The first kappa shape index (κ1) is 14.4. The van der Waals surface area contributed by atoms with Crippen molar-refractivity contribution >= 4 is 0 Å². The highest BCUT2D eigenvalue weighted by Crippen LogP contribution is 2.26. The highest BCUT2D eigenvalue weighted by Gasteiger charge is 2.18. The number of para-hydroxylation sites is 1. The predicted molar refractivity (Wildman–Crippen MR) is 80.6 cm³/mol. The second-order valence-electron chi connectivity index (χ2n) is 5.68. The van der Waals surface area contributed by atoms with Gasteiger partial charge in [-0.05, 0) is 50.8 Å². The Morgan fingerprint density at radius 1 is 1.16 bits per heavy atom. The third-order valence-corrected chi connectivity index (χ3v) is 4.21. The lowest BCUT2D eigenvalue weighted by Crippen LogP contribution is -2.26. The molecule has 1 aliphatic carbocycles. The average molecular weight is 261 g/mol. The maximum atomic E-state index is 5.77. The molecule has 0 spiro atoms. The minimum Gasteiger partial charge on any atom is -0.494 e. The molecule has 0 aromatic heterocycles. The number of benzene rings is 1. The zero-order valence-corrected chi connectivity index (χ0v) is 12.1. The molecule has 1 aliphatic rings. The van der Waals surface area contributed by atoms with Gasteiger partial charge in [-0.25, -0.2) is 0 Å². The van der Waals surface area contributed by atoms with E-state index in [2.05, 4.69) is 12.4 Å². The number of ether oxygens (including phenoxy) is 1. The second kappa shape index (κ2) is 8.21. The van der Waals surface area contributed by atoms with Crippen molar-refractivity contribution < 1.29 is 4.74 Å². The molecule has 1 aromatic carbocycles. The van der Waals surface area contributed by atoms with Crippen molar-refractivity contribution in [3.8, 4) is 5.75 Å². The molecule has 19 heavy (non-hydrogen) atoms. The van der Waals surface area contributed by atoms with E-state index in [0.717, 1.165) is 24.3 Å². The van der Waals surface area contributed by atoms with Crippen molar-refractivity contribution in [1.29, 1.82) is 0 Å². The smallest absolute Gasteiger partial charge is 0.119 e. The molecule has 2 nitrogen and oxygen atoms in total. The SMILES string of the molecule is CNC1CCCCC(CCCOc2ccccc2)C1. The molecule has 106 valence electrons. The fourth-order valence-corrected chi connectivity index (χ4v) is 3.06. The van der Waals surface area contributed by atoms with Crippen LogP contribution in [0, 0.1) is 5.92 Å². The molecule has 1 N–H and O–H groups in total. The van der Waals surface area contributed by atoms with Gasteiger partial charge >= 0.3 is 0 Å². The van der Waals surface area contributed by atoms with Gasteiger partial charge in [-0.3, -0.25) is 0 Å². The quantitative estimate of drug-likeness (QED) is 0.617. The summed E-state index contributed by atoms with van der Waals surface area (Å²) in [6.45, 7) is 0.852. The van der Waals surface area contributed by atoms with Crippen LogP contribution in [0.25, 0.3) is 0 Å². The summed E-state index contributed by atoms with van der Waals surface area (Å²) < 4.78 is 5.77. The number of nitrogens with one attached hydrogen (secondary N) is 1. The third-order valence-electron chi connectivity index (χ3n) is 4.21. The predicted octanol–water partition coefficient (Wildman–Crippen LogP) is 4.01. The molecular formula is C17H27NO. The fourth-order valence-electron chi connectivity index (χ4n) is 3.06. The van der Waals surface area contributed by atoms with Gasteiger partial charge in [0.2, 0.25) is 0 Å². The lowest BCUT2D eigenvalue weighted by atomic mass is 9.93. The minimum atomic E-state index is 0.738. The topological polar surface area (TPSA) is 21.3 Å². The molecule has 1 fully saturated rings. The van der Waals surface area contributed by atoms with Crippen molar-refractivity contribution in [3.05, 3.63) is 30.3 Å². The van der Waals surface area contributed by atoms with E-state index in [0.29, 0.717) is 0 Å². The third kappa shape index (κ3) is 5.23. The zero-order chi connectivity index (χ0) is 13.3. The Bertz CT molecular complexity index is 338. The Balaban J connectivity index is 1.64. The average Bonchev–Trinajstić information content (AvgIpc) is 2.70. The van der Waals surface area contributed by atoms with Gasteiger partial charge in [0.25, 0.3) is 0 Å². The summed E-state index contributed by atoms with van der Waals surface area (Å²) in [7, 11) is 2.10. The Kier molecular flexibility index (Phi) is 6.22. The van der Waals surface area contributed by atoms with Gasteiger partial charge in [0.1, 0.15) is 5.75 Å². The van der Waals surface area contributed by atoms with Crippen LogP contribution in [-0.2, 0) is 0 Å². The molecule has 0 aliphatic heterocycles. The number of rotatable bonds is 6. The monoisotopic (exact) mass is 261 g/mol. The first-order valence-corrected chi connectivity index (χ1v) is 7.73. The molecule has 1 saturated carbocycles. The Labute approximate surface area is 117 Å². The van der Waals surface area contributed by atoms with Crippen LogP contribution in [0.1, 0.15) is 44.9 Å². The Morgan fingerprint density at radius 2 is 1.95 bits per heavy atom. The van der Waals surface area contributed by atoms with Gasteiger partial charge in [-0.2, -0.15) is 0 Å². The van der Waals surface area contributed by atoms with E-state index in [1.165, 1.54) is 44.9 Å². The summed E-state index contributed by atoms with van der Waals surface area (Å²) in [5, 5.41) is 3.46. The van der Waals surface area contributed by atoms with Crippen LogP contribution in [0.2, 0.25) is 0 Å². The Morgan fingerprint density at radius 3 is 2.74 bits per heavy atom. The highest BCUT2D eigenvalue weighted by atomic mass is 16.5. The summed E-state index contributed by atoms with van der Waals surface area (Å²) in [4.78, 5) is 0. The zero-order valence-electron chi connectivity index (χ0n) is 12.1. The van der Waals surface area contributed by atoms with Gasteiger partial charge < -0.3 is 10.1 Å². The molecule has 2 unspecified atom stereocenters. The maximum Gasteiger partial charge on any atom is 0.119 e. The molecule has 0 amide bonds. The molecule has 0 saturated heterocycles. The van der Waals surface area contributed by atoms with Gasteiger partial charge in [0, 0.05) is 6.04 Å². The molecular weight excluding hydrogens is 234 g/mol. The van der Waals surface area contributed by atoms with Crippen molar-refractivity contribution in [2.75, 3.05) is 13.7 Å². The summed E-state index contributed by atoms with van der Waals surface area (Å²) >= 11 is 0. The van der Waals surface area contributed by atoms with Gasteiger partial charge in [-0.15, -0.1) is 0 Å². The summed E-state index contributed by atoms with van der Waals surface area (Å²) in [6.07, 6.45) is 9.39. The van der Waals surface area contributed by atoms with Gasteiger partial charge in [0.15, 0.2) is 0 Å². The second-order valence-corrected chi connectivity index (χ2v) is 5.68. The summed E-state index contributed by atoms with van der Waals surface area (Å²) in [6, 6.07) is 10.9. The van der Waals surface area contributed by atoms with E-state index in [-0.39, 0.29) is 0 Å². The van der Waals surface area contributed by atoms with Crippen LogP contribution in [0.5, 0.6) is 5.75 Å². The minimum absolute atomic E-state index is 0.738. The van der Waals surface area contributed by atoms with Crippen LogP contribution < -0.4 is 10.1 Å². The first-order valence-electron chi connectivity index (χ1n) is 7.73. The standard InChI is InChI=1S/C17H27NO/c1-18-16-10-6-5-8-15(14-16)9-7-13-19-17-11-3-2-4-12-17/h2-4,11-12,15-16,18H,5-10,13-14H2,1H3. The van der Waals surface area contributed by atoms with Crippen molar-refractivity contribution in [2.45, 2.75) is 51.0 Å². The normalized spacial score (nSPS) is 23.8. The van der Waals surface area contributed by atoms with Crippen molar-refractivity contribution in [2.24, 2.45) is 5.92 Å². The van der Waals surface area contributed by atoms with E-state index in [1.807, 2.05) is 30.3 Å². The largest absolute Gasteiger partial charge is 0.494 e. The van der Waals surface area contributed by atoms with Crippen LogP contribution in [0.15, 0.2) is 30.3 Å². The van der Waals surface area contributed by atoms with E-state index in [1.54, 1.807) is 0 Å². The lowest BCUT2D eigenvalue weighted by Gasteiger charge is -2.19. The lowest BCUT2D eigenvalue weighted by molar-refractivity contribution is 0.280. The summed E-state index contributed by atoms with van der Waals surface area (Å²) in [5.74, 6) is 1.88. The van der Waals surface area contributed by atoms with Gasteiger partial charge in [0.05, 0.1) is 6.61 Å². The molecule has 0 bridgehead atoms. The molecule has 2 heteroatoms. The van der Waals surface area contributed by atoms with E-state index >= 15 is 0 Å². The van der Waals surface area contributed by atoms with Crippen molar-refractivity contribution in [1.82, 2.24) is 5.32 Å². The van der Waals surface area contributed by atoms with E-state index in [4.69, 9.17) is 4.74 Å². The fraction of sp³-hybridized carbons (Fsp3) is 0.647. The van der Waals surface area contributed by atoms with Crippen molar-refractivity contribution in [3.63, 3.8) is 0 Å². The molecule has 1 aromatic rings. The van der Waals surface area contributed by atoms with Crippen LogP contribution in [-0.4, -0.2) is 19.7 Å². The van der Waals surface area contributed by atoms with E-state index in [9.17, 15) is 0 Å². The van der Waals surface area contributed by atoms with Crippen LogP contribution in [0.3, 0.4) is 0 Å². The molecule has 2 atom stereocenters. The molecule has 0 heterocycles. The highest BCUT2D eigenvalue weighted by molar-refractivity contribution is 5.20. The molecule has 0 radical (unpaired) electrons. The Hall–Kier alpha value is -1.02.